The Hall–Kier alpha value is -1.84. The van der Waals surface area contributed by atoms with E-state index in [1.165, 1.54) is 6.42 Å². The maximum Gasteiger partial charge on any atom is 0.319 e. The van der Waals surface area contributed by atoms with Crippen LogP contribution in [0.15, 0.2) is 23.1 Å². The number of rotatable bonds is 5. The largest absolute Gasteiger partial charge is 0.378 e. The van der Waals surface area contributed by atoms with E-state index in [2.05, 4.69) is 15.5 Å². The molecule has 0 aromatic heterocycles. The number of carbonyl (C=O) groups is 1. The van der Waals surface area contributed by atoms with Crippen LogP contribution in [0, 0.1) is 0 Å². The van der Waals surface area contributed by atoms with Gasteiger partial charge in [-0.2, -0.15) is 4.31 Å². The summed E-state index contributed by atoms with van der Waals surface area (Å²) >= 11 is 0. The van der Waals surface area contributed by atoms with Gasteiger partial charge in [0.1, 0.15) is 0 Å². The van der Waals surface area contributed by atoms with Gasteiger partial charge in [-0.15, -0.1) is 0 Å². The predicted molar refractivity (Wildman–Crippen MR) is 121 cm³/mol. The lowest BCUT2D eigenvalue weighted by Gasteiger charge is -2.31. The van der Waals surface area contributed by atoms with Crippen molar-refractivity contribution in [1.29, 1.82) is 0 Å². The molecule has 1 aromatic carbocycles. The molecule has 2 amide bonds. The Morgan fingerprint density at radius 3 is 2.32 bits per heavy atom. The van der Waals surface area contributed by atoms with Gasteiger partial charge in [0.25, 0.3) is 0 Å². The number of piperidine rings is 1. The summed E-state index contributed by atoms with van der Waals surface area (Å²) in [6, 6.07) is 5.02. The Balaban J connectivity index is 1.57. The number of morpholine rings is 1. The Bertz CT molecular complexity index is 858. The third-order valence-electron chi connectivity index (χ3n) is 6.46. The third-order valence-corrected chi connectivity index (χ3v) is 8.36. The summed E-state index contributed by atoms with van der Waals surface area (Å²) in [6.07, 6.45) is 8.31. The zero-order valence-corrected chi connectivity index (χ0v) is 19.0. The van der Waals surface area contributed by atoms with Crippen molar-refractivity contribution in [2.24, 2.45) is 0 Å². The first kappa shape index (κ1) is 22.4. The van der Waals surface area contributed by atoms with Gasteiger partial charge in [-0.3, -0.25) is 0 Å². The topological polar surface area (TPSA) is 91.0 Å². The molecule has 0 spiro atoms. The van der Waals surface area contributed by atoms with Crippen LogP contribution in [0.1, 0.15) is 51.4 Å². The van der Waals surface area contributed by atoms with Gasteiger partial charge < -0.3 is 20.3 Å². The molecule has 0 atom stereocenters. The van der Waals surface area contributed by atoms with Crippen molar-refractivity contribution in [2.75, 3.05) is 49.6 Å². The lowest BCUT2D eigenvalue weighted by Crippen LogP contribution is -2.40. The van der Waals surface area contributed by atoms with Crippen LogP contribution in [0.4, 0.5) is 16.2 Å². The Kier molecular flexibility index (Phi) is 7.35. The maximum atomic E-state index is 13.2. The van der Waals surface area contributed by atoms with Gasteiger partial charge in [0.2, 0.25) is 10.0 Å². The smallest absolute Gasteiger partial charge is 0.319 e. The molecular weight excluding hydrogens is 416 g/mol. The monoisotopic (exact) mass is 450 g/mol. The van der Waals surface area contributed by atoms with Gasteiger partial charge in [0.05, 0.1) is 29.5 Å². The summed E-state index contributed by atoms with van der Waals surface area (Å²) in [5, 5.41) is 6.02. The molecule has 1 aliphatic carbocycles. The van der Waals surface area contributed by atoms with E-state index >= 15 is 0 Å². The SMILES string of the molecule is O=C(Nc1cc(S(=O)(=O)N2CCCCC2)ccc1N1CCOCC1)NC1CCCCC1. The zero-order chi connectivity index (χ0) is 21.7. The number of nitrogens with one attached hydrogen (secondary N) is 2. The van der Waals surface area contributed by atoms with Crippen LogP contribution in [0.5, 0.6) is 0 Å². The zero-order valence-electron chi connectivity index (χ0n) is 18.1. The number of hydrogen-bond acceptors (Lipinski definition) is 5. The first-order chi connectivity index (χ1) is 15.0. The number of benzene rings is 1. The van der Waals surface area contributed by atoms with E-state index in [0.717, 1.165) is 50.6 Å². The molecule has 9 heteroatoms. The second-order valence-corrected chi connectivity index (χ2v) is 10.6. The number of amides is 2. The van der Waals surface area contributed by atoms with Gasteiger partial charge in [-0.25, -0.2) is 13.2 Å². The highest BCUT2D eigenvalue weighted by Crippen LogP contribution is 2.31. The van der Waals surface area contributed by atoms with Gasteiger partial charge in [0, 0.05) is 32.2 Å². The normalized spacial score (nSPS) is 21.6. The number of ether oxygens (including phenoxy) is 1. The summed E-state index contributed by atoms with van der Waals surface area (Å²) in [7, 11) is -3.58. The first-order valence-corrected chi connectivity index (χ1v) is 13.0. The lowest BCUT2D eigenvalue weighted by atomic mass is 9.96. The van der Waals surface area contributed by atoms with Gasteiger partial charge >= 0.3 is 6.03 Å². The van der Waals surface area contributed by atoms with Gasteiger partial charge in [-0.1, -0.05) is 25.7 Å². The van der Waals surface area contributed by atoms with E-state index in [9.17, 15) is 13.2 Å². The molecule has 3 fully saturated rings. The van der Waals surface area contributed by atoms with E-state index in [1.807, 2.05) is 6.07 Å². The molecule has 0 unspecified atom stereocenters. The van der Waals surface area contributed by atoms with Crippen molar-refractivity contribution >= 4 is 27.4 Å². The lowest BCUT2D eigenvalue weighted by molar-refractivity contribution is 0.123. The van der Waals surface area contributed by atoms with Crippen LogP contribution < -0.4 is 15.5 Å². The second-order valence-electron chi connectivity index (χ2n) is 8.68. The number of hydrogen-bond donors (Lipinski definition) is 2. The minimum absolute atomic E-state index is 0.181. The molecule has 2 aliphatic heterocycles. The molecule has 172 valence electrons. The molecule has 31 heavy (non-hydrogen) atoms. The van der Waals surface area contributed by atoms with Gasteiger partial charge in [0.15, 0.2) is 0 Å². The molecule has 2 N–H and O–H groups in total. The summed E-state index contributed by atoms with van der Waals surface area (Å²) < 4.78 is 33.4. The molecule has 2 saturated heterocycles. The van der Waals surface area contributed by atoms with Crippen LogP contribution in [0.3, 0.4) is 0 Å². The highest BCUT2D eigenvalue weighted by molar-refractivity contribution is 7.89. The first-order valence-electron chi connectivity index (χ1n) is 11.6. The van der Waals surface area contributed by atoms with Crippen molar-refractivity contribution in [2.45, 2.75) is 62.3 Å². The molecule has 0 bridgehead atoms. The van der Waals surface area contributed by atoms with E-state index < -0.39 is 10.0 Å². The number of carbonyl (C=O) groups excluding carboxylic acids is 1. The van der Waals surface area contributed by atoms with Crippen molar-refractivity contribution in [3.63, 3.8) is 0 Å². The van der Waals surface area contributed by atoms with Crippen LogP contribution in [0.25, 0.3) is 0 Å². The van der Waals surface area contributed by atoms with Crippen molar-refractivity contribution in [3.8, 4) is 0 Å². The minimum Gasteiger partial charge on any atom is -0.378 e. The predicted octanol–water partition coefficient (Wildman–Crippen LogP) is 3.15. The van der Waals surface area contributed by atoms with E-state index in [4.69, 9.17) is 4.74 Å². The maximum absolute atomic E-state index is 13.2. The Labute approximate surface area is 185 Å². The molecular formula is C22H34N4O4S. The Morgan fingerprint density at radius 1 is 0.935 bits per heavy atom. The fraction of sp³-hybridized carbons (Fsp3) is 0.682. The summed E-state index contributed by atoms with van der Waals surface area (Å²) in [6.45, 7) is 3.74. The number of nitrogens with zero attached hydrogens (tertiary/aromatic N) is 2. The molecule has 3 aliphatic rings. The standard InChI is InChI=1S/C22H34N4O4S/c27-22(23-18-7-3-1-4-8-18)24-20-17-19(31(28,29)26-11-5-2-6-12-26)9-10-21(20)25-13-15-30-16-14-25/h9-10,17-18H,1-8,11-16H2,(H2,23,24,27). The van der Waals surface area contributed by atoms with Crippen molar-refractivity contribution < 1.29 is 17.9 Å². The number of urea groups is 1. The van der Waals surface area contributed by atoms with Crippen LogP contribution >= 0.6 is 0 Å². The van der Waals surface area contributed by atoms with Crippen molar-refractivity contribution in [1.82, 2.24) is 9.62 Å². The second kappa shape index (κ2) is 10.2. The number of anilines is 2. The summed E-state index contributed by atoms with van der Waals surface area (Å²) in [4.78, 5) is 15.1. The highest BCUT2D eigenvalue weighted by atomic mass is 32.2. The van der Waals surface area contributed by atoms with Crippen molar-refractivity contribution in [3.05, 3.63) is 18.2 Å². The minimum atomic E-state index is -3.58. The fourth-order valence-electron chi connectivity index (χ4n) is 4.70. The average Bonchev–Trinajstić information content (AvgIpc) is 2.81. The van der Waals surface area contributed by atoms with E-state index in [-0.39, 0.29) is 17.0 Å². The summed E-state index contributed by atoms with van der Waals surface area (Å²) in [5.74, 6) is 0. The fourth-order valence-corrected chi connectivity index (χ4v) is 6.24. The van der Waals surface area contributed by atoms with Crippen LogP contribution in [0.2, 0.25) is 0 Å². The molecule has 1 saturated carbocycles. The molecule has 0 radical (unpaired) electrons. The Morgan fingerprint density at radius 2 is 1.61 bits per heavy atom. The molecule has 8 nitrogen and oxygen atoms in total. The summed E-state index contributed by atoms with van der Waals surface area (Å²) in [5.41, 5.74) is 1.37. The quantitative estimate of drug-likeness (QED) is 0.719. The van der Waals surface area contributed by atoms with Crippen LogP contribution in [-0.2, 0) is 14.8 Å². The molecule has 4 rings (SSSR count). The average molecular weight is 451 g/mol. The van der Waals surface area contributed by atoms with E-state index in [0.29, 0.717) is 45.1 Å². The molecule has 1 aromatic rings. The third kappa shape index (κ3) is 5.51. The molecule has 2 heterocycles. The van der Waals surface area contributed by atoms with Gasteiger partial charge in [-0.05, 0) is 43.9 Å². The highest BCUT2D eigenvalue weighted by Gasteiger charge is 2.28. The number of sulfonamides is 1. The van der Waals surface area contributed by atoms with E-state index in [1.54, 1.807) is 16.4 Å². The van der Waals surface area contributed by atoms with Crippen LogP contribution in [-0.4, -0.2) is 64.2 Å².